The van der Waals surface area contributed by atoms with Gasteiger partial charge in [-0.15, -0.1) is 0 Å². The molecule has 1 unspecified atom stereocenters. The summed E-state index contributed by atoms with van der Waals surface area (Å²) in [6, 6.07) is 1.76. The number of anilines is 1. The first kappa shape index (κ1) is 12.1. The average molecular weight is 260 g/mol. The molecule has 0 bridgehead atoms. The van der Waals surface area contributed by atoms with E-state index in [1.165, 1.54) is 0 Å². The molecule has 6 nitrogen and oxygen atoms in total. The van der Waals surface area contributed by atoms with E-state index >= 15 is 0 Å². The van der Waals surface area contributed by atoms with E-state index in [0.717, 1.165) is 12.8 Å². The van der Waals surface area contributed by atoms with E-state index in [1.54, 1.807) is 18.5 Å². The zero-order valence-corrected chi connectivity index (χ0v) is 10.7. The summed E-state index contributed by atoms with van der Waals surface area (Å²) < 4.78 is 11.0. The lowest BCUT2D eigenvalue weighted by Crippen LogP contribution is -2.08. The first-order valence-electron chi connectivity index (χ1n) is 6.44. The Morgan fingerprint density at radius 1 is 1.53 bits per heavy atom. The van der Waals surface area contributed by atoms with Crippen molar-refractivity contribution in [3.05, 3.63) is 24.3 Å². The second-order valence-electron chi connectivity index (χ2n) is 4.63. The summed E-state index contributed by atoms with van der Waals surface area (Å²) >= 11 is 0. The molecule has 6 heteroatoms. The van der Waals surface area contributed by atoms with Crippen LogP contribution in [0, 0.1) is 5.92 Å². The predicted octanol–water partition coefficient (Wildman–Crippen LogP) is 2.20. The molecule has 1 fully saturated rings. The minimum atomic E-state index is -0.0643. The Morgan fingerprint density at radius 3 is 3.05 bits per heavy atom. The second kappa shape index (κ2) is 4.97. The van der Waals surface area contributed by atoms with E-state index in [0.29, 0.717) is 35.5 Å². The summed E-state index contributed by atoms with van der Waals surface area (Å²) in [5.41, 5.74) is 7.08. The molecule has 1 aliphatic rings. The van der Waals surface area contributed by atoms with Gasteiger partial charge in [0.25, 0.3) is 5.89 Å². The Morgan fingerprint density at radius 2 is 2.37 bits per heavy atom. The highest BCUT2D eigenvalue weighted by atomic mass is 16.5. The molecule has 1 saturated carbocycles. The largest absolute Gasteiger partial charge is 0.397 e. The number of hydrogen-bond donors (Lipinski definition) is 1. The molecule has 2 aromatic heterocycles. The fourth-order valence-corrected chi connectivity index (χ4v) is 2.06. The van der Waals surface area contributed by atoms with Gasteiger partial charge >= 0.3 is 0 Å². The molecular formula is C13H16N4O2. The molecule has 2 aromatic rings. The van der Waals surface area contributed by atoms with Crippen LogP contribution in [0.5, 0.6) is 0 Å². The van der Waals surface area contributed by atoms with Gasteiger partial charge in [-0.3, -0.25) is 4.98 Å². The van der Waals surface area contributed by atoms with Crippen molar-refractivity contribution in [2.45, 2.75) is 25.9 Å². The lowest BCUT2D eigenvalue weighted by atomic mass is 10.2. The Kier molecular flexibility index (Phi) is 3.16. The van der Waals surface area contributed by atoms with Gasteiger partial charge in [0.2, 0.25) is 5.82 Å². The van der Waals surface area contributed by atoms with Crippen LogP contribution in [0.15, 0.2) is 23.0 Å². The van der Waals surface area contributed by atoms with Crippen LogP contribution in [-0.2, 0) is 4.74 Å². The number of pyridine rings is 1. The highest BCUT2D eigenvalue weighted by molar-refractivity contribution is 5.68. The van der Waals surface area contributed by atoms with E-state index in [2.05, 4.69) is 15.1 Å². The number of rotatable bonds is 5. The smallest absolute Gasteiger partial charge is 0.260 e. The third-order valence-corrected chi connectivity index (χ3v) is 3.17. The summed E-state index contributed by atoms with van der Waals surface area (Å²) in [7, 11) is 0. The molecule has 0 spiro atoms. The number of nitrogens with zero attached hydrogens (tertiary/aromatic N) is 3. The molecule has 1 aliphatic carbocycles. The maximum atomic E-state index is 5.85. The highest BCUT2D eigenvalue weighted by Gasteiger charge is 2.36. The van der Waals surface area contributed by atoms with Crippen LogP contribution in [0.25, 0.3) is 11.5 Å². The fraction of sp³-hybridized carbons (Fsp3) is 0.462. The van der Waals surface area contributed by atoms with Crippen molar-refractivity contribution in [2.75, 3.05) is 12.3 Å². The Bertz CT molecular complexity index is 565. The monoisotopic (exact) mass is 260 g/mol. The van der Waals surface area contributed by atoms with Crippen molar-refractivity contribution in [2.24, 2.45) is 5.92 Å². The normalized spacial score (nSPS) is 16.5. The molecule has 0 amide bonds. The third kappa shape index (κ3) is 2.44. The van der Waals surface area contributed by atoms with Crippen LogP contribution in [0.3, 0.4) is 0 Å². The molecular weight excluding hydrogens is 244 g/mol. The molecule has 2 heterocycles. The number of nitrogens with two attached hydrogens (primary N) is 1. The molecule has 1 atom stereocenters. The summed E-state index contributed by atoms with van der Waals surface area (Å²) in [6.07, 6.45) is 5.47. The number of ether oxygens (including phenoxy) is 1. The number of aromatic nitrogens is 3. The van der Waals surface area contributed by atoms with Crippen LogP contribution in [0.2, 0.25) is 0 Å². The van der Waals surface area contributed by atoms with Gasteiger partial charge in [-0.25, -0.2) is 0 Å². The van der Waals surface area contributed by atoms with Crippen molar-refractivity contribution >= 4 is 5.69 Å². The van der Waals surface area contributed by atoms with Crippen molar-refractivity contribution in [3.8, 4) is 11.5 Å². The molecule has 19 heavy (non-hydrogen) atoms. The molecule has 3 rings (SSSR count). The summed E-state index contributed by atoms with van der Waals surface area (Å²) in [5.74, 6) is 1.54. The van der Waals surface area contributed by atoms with E-state index in [1.807, 2.05) is 6.92 Å². The molecule has 100 valence electrons. The number of nitrogen functional groups attached to an aromatic ring is 1. The molecule has 2 N–H and O–H groups in total. The zero-order chi connectivity index (χ0) is 13.2. The van der Waals surface area contributed by atoms with E-state index in [4.69, 9.17) is 15.0 Å². The molecule has 0 radical (unpaired) electrons. The lowest BCUT2D eigenvalue weighted by Gasteiger charge is -2.10. The van der Waals surface area contributed by atoms with E-state index in [9.17, 15) is 0 Å². The lowest BCUT2D eigenvalue weighted by molar-refractivity contribution is 0.0385. The van der Waals surface area contributed by atoms with Gasteiger partial charge < -0.3 is 15.0 Å². The topological polar surface area (TPSA) is 87.1 Å². The van der Waals surface area contributed by atoms with Gasteiger partial charge in [-0.05, 0) is 31.7 Å². The minimum absolute atomic E-state index is 0.0643. The molecule has 0 aliphatic heterocycles. The SMILES string of the molecule is CCOC(c1noc(-c2ccncc2N)n1)C1CC1. The summed E-state index contributed by atoms with van der Waals surface area (Å²) in [6.45, 7) is 2.61. The van der Waals surface area contributed by atoms with Gasteiger partial charge in [-0.2, -0.15) is 4.98 Å². The van der Waals surface area contributed by atoms with Gasteiger partial charge in [-0.1, -0.05) is 5.16 Å². The van der Waals surface area contributed by atoms with Crippen molar-refractivity contribution < 1.29 is 9.26 Å². The van der Waals surface area contributed by atoms with Gasteiger partial charge in [0.05, 0.1) is 17.4 Å². The summed E-state index contributed by atoms with van der Waals surface area (Å²) in [5, 5.41) is 4.03. The zero-order valence-electron chi connectivity index (χ0n) is 10.7. The highest BCUT2D eigenvalue weighted by Crippen LogP contribution is 2.42. The van der Waals surface area contributed by atoms with Crippen molar-refractivity contribution in [1.82, 2.24) is 15.1 Å². The first-order valence-corrected chi connectivity index (χ1v) is 6.44. The van der Waals surface area contributed by atoms with E-state index < -0.39 is 0 Å². The second-order valence-corrected chi connectivity index (χ2v) is 4.63. The van der Waals surface area contributed by atoms with Crippen LogP contribution in [0.1, 0.15) is 31.7 Å². The van der Waals surface area contributed by atoms with Gasteiger partial charge in [0, 0.05) is 12.8 Å². The molecule has 0 saturated heterocycles. The molecule has 0 aromatic carbocycles. The van der Waals surface area contributed by atoms with Crippen molar-refractivity contribution in [3.63, 3.8) is 0 Å². The van der Waals surface area contributed by atoms with E-state index in [-0.39, 0.29) is 6.10 Å². The third-order valence-electron chi connectivity index (χ3n) is 3.17. The standard InChI is InChI=1S/C13H16N4O2/c1-2-18-11(8-3-4-8)12-16-13(19-17-12)9-5-6-15-7-10(9)14/h5-8,11H,2-4,14H2,1H3. The van der Waals surface area contributed by atoms with Crippen LogP contribution >= 0.6 is 0 Å². The first-order chi connectivity index (χ1) is 9.29. The van der Waals surface area contributed by atoms with Crippen molar-refractivity contribution in [1.29, 1.82) is 0 Å². The predicted molar refractivity (Wildman–Crippen MR) is 69.0 cm³/mol. The maximum Gasteiger partial charge on any atom is 0.260 e. The number of hydrogen-bond acceptors (Lipinski definition) is 6. The summed E-state index contributed by atoms with van der Waals surface area (Å²) in [4.78, 5) is 8.35. The van der Waals surface area contributed by atoms with Crippen LogP contribution in [-0.4, -0.2) is 21.7 Å². The quantitative estimate of drug-likeness (QED) is 0.886. The minimum Gasteiger partial charge on any atom is -0.397 e. The van der Waals surface area contributed by atoms with Gasteiger partial charge in [0.1, 0.15) is 6.10 Å². The Hall–Kier alpha value is -1.95. The fourth-order valence-electron chi connectivity index (χ4n) is 2.06. The van der Waals surface area contributed by atoms with Crippen LogP contribution in [0.4, 0.5) is 5.69 Å². The Balaban J connectivity index is 1.88. The average Bonchev–Trinajstić information content (AvgIpc) is 3.14. The van der Waals surface area contributed by atoms with Gasteiger partial charge in [0.15, 0.2) is 0 Å². The maximum absolute atomic E-state index is 5.85. The van der Waals surface area contributed by atoms with Crippen LogP contribution < -0.4 is 5.73 Å². The Labute approximate surface area is 111 Å².